The Morgan fingerprint density at radius 3 is 2.59 bits per heavy atom. The number of hydrogen-bond acceptors (Lipinski definition) is 3. The van der Waals surface area contributed by atoms with E-state index in [2.05, 4.69) is 0 Å². The number of nitrogens with two attached hydrogens (primary N) is 1. The average Bonchev–Trinajstić information content (AvgIpc) is 3.23. The summed E-state index contributed by atoms with van der Waals surface area (Å²) >= 11 is 0. The number of hydrogen-bond donors (Lipinski definition) is 1. The van der Waals surface area contributed by atoms with Crippen molar-refractivity contribution in [2.45, 2.75) is 18.9 Å². The molecule has 3 unspecified atom stereocenters. The molecule has 0 radical (unpaired) electrons. The molecule has 2 aromatic rings. The van der Waals surface area contributed by atoms with Crippen LogP contribution in [0, 0.1) is 23.5 Å². The van der Waals surface area contributed by atoms with Crippen molar-refractivity contribution in [3.63, 3.8) is 0 Å². The molecule has 1 saturated carbocycles. The van der Waals surface area contributed by atoms with Gasteiger partial charge in [-0.05, 0) is 54.5 Å². The molecule has 2 aliphatic rings. The van der Waals surface area contributed by atoms with Crippen LogP contribution in [0.1, 0.15) is 23.2 Å². The summed E-state index contributed by atoms with van der Waals surface area (Å²) in [7, 11) is 1.45. The van der Waals surface area contributed by atoms with Gasteiger partial charge in [-0.1, -0.05) is 6.07 Å². The van der Waals surface area contributed by atoms with E-state index in [0.29, 0.717) is 36.2 Å². The first-order chi connectivity index (χ1) is 13.0. The quantitative estimate of drug-likeness (QED) is 0.898. The molecule has 0 spiro atoms. The summed E-state index contributed by atoms with van der Waals surface area (Å²) < 4.78 is 33.9. The Kier molecular flexibility index (Phi) is 4.60. The van der Waals surface area contributed by atoms with Crippen molar-refractivity contribution in [3.05, 3.63) is 53.6 Å². The van der Waals surface area contributed by atoms with Crippen molar-refractivity contribution in [2.75, 3.05) is 20.2 Å². The number of benzene rings is 2. The topological polar surface area (TPSA) is 55.6 Å². The number of halogens is 2. The third kappa shape index (κ3) is 3.18. The Bertz CT molecular complexity index is 886. The first-order valence-corrected chi connectivity index (χ1v) is 9.16. The van der Waals surface area contributed by atoms with E-state index >= 15 is 0 Å². The van der Waals surface area contributed by atoms with Crippen LogP contribution in [0.3, 0.4) is 0 Å². The summed E-state index contributed by atoms with van der Waals surface area (Å²) in [5.74, 6) is -0.357. The number of likely N-dealkylation sites (tertiary alicyclic amines) is 1. The molecule has 1 amide bonds. The molecule has 3 atom stereocenters. The predicted molar refractivity (Wildman–Crippen MR) is 98.4 cm³/mol. The van der Waals surface area contributed by atoms with E-state index < -0.39 is 11.6 Å². The normalized spacial score (nSPS) is 24.1. The lowest BCUT2D eigenvalue weighted by Crippen LogP contribution is -2.33. The van der Waals surface area contributed by atoms with Gasteiger partial charge >= 0.3 is 0 Å². The molecule has 1 heterocycles. The van der Waals surface area contributed by atoms with Gasteiger partial charge in [-0.2, -0.15) is 0 Å². The van der Waals surface area contributed by atoms with Crippen molar-refractivity contribution in [1.82, 2.24) is 4.90 Å². The number of methoxy groups -OCH3 is 1. The Hall–Kier alpha value is -2.47. The van der Waals surface area contributed by atoms with Crippen LogP contribution in [-0.2, 0) is 0 Å². The molecule has 2 aromatic carbocycles. The van der Waals surface area contributed by atoms with Crippen LogP contribution in [0.25, 0.3) is 11.1 Å². The number of ether oxygens (including phenoxy) is 1. The first-order valence-electron chi connectivity index (χ1n) is 9.16. The summed E-state index contributed by atoms with van der Waals surface area (Å²) in [6.07, 6.45) is 2.02. The highest BCUT2D eigenvalue weighted by Crippen LogP contribution is 2.38. The smallest absolute Gasteiger partial charge is 0.256 e. The van der Waals surface area contributed by atoms with Gasteiger partial charge in [0.05, 0.1) is 12.7 Å². The highest BCUT2D eigenvalue weighted by Gasteiger charge is 2.42. The van der Waals surface area contributed by atoms with Crippen LogP contribution < -0.4 is 10.5 Å². The minimum absolute atomic E-state index is 0.0150. The standard InChI is InChI=1S/C21H22F2N2O2/c1-27-14-4-6-15(19(23)9-14)12-2-5-16(18(22)8-12)21(26)25-10-13-3-7-20(24)17(13)11-25/h2,4-6,8-9,13,17,20H,3,7,10-11,24H2,1H3. The maximum absolute atomic E-state index is 14.7. The van der Waals surface area contributed by atoms with Crippen LogP contribution in [-0.4, -0.2) is 37.0 Å². The van der Waals surface area contributed by atoms with E-state index in [1.807, 2.05) is 0 Å². The highest BCUT2D eigenvalue weighted by atomic mass is 19.1. The molecule has 1 aliphatic carbocycles. The molecule has 4 rings (SSSR count). The molecule has 27 heavy (non-hydrogen) atoms. The third-order valence-corrected chi connectivity index (χ3v) is 5.89. The van der Waals surface area contributed by atoms with Crippen LogP contribution in [0.5, 0.6) is 5.75 Å². The molecule has 4 nitrogen and oxygen atoms in total. The zero-order valence-electron chi connectivity index (χ0n) is 15.1. The molecule has 1 saturated heterocycles. The average molecular weight is 372 g/mol. The van der Waals surface area contributed by atoms with Gasteiger partial charge in [0.15, 0.2) is 0 Å². The van der Waals surface area contributed by atoms with Gasteiger partial charge in [-0.15, -0.1) is 0 Å². The molecule has 6 heteroatoms. The van der Waals surface area contributed by atoms with Crippen LogP contribution in [0.4, 0.5) is 8.78 Å². The number of carbonyl (C=O) groups is 1. The van der Waals surface area contributed by atoms with E-state index in [1.165, 1.54) is 31.4 Å². The summed E-state index contributed by atoms with van der Waals surface area (Å²) in [6, 6.07) is 8.74. The van der Waals surface area contributed by atoms with Crippen molar-refractivity contribution >= 4 is 5.91 Å². The fourth-order valence-corrected chi connectivity index (χ4v) is 4.36. The van der Waals surface area contributed by atoms with Gasteiger partial charge in [-0.25, -0.2) is 8.78 Å². The minimum atomic E-state index is -0.644. The van der Waals surface area contributed by atoms with Crippen molar-refractivity contribution in [1.29, 1.82) is 0 Å². The number of carbonyl (C=O) groups excluding carboxylic acids is 1. The monoisotopic (exact) mass is 372 g/mol. The molecule has 2 N–H and O–H groups in total. The van der Waals surface area contributed by atoms with E-state index in [9.17, 15) is 13.6 Å². The molecular formula is C21H22F2N2O2. The van der Waals surface area contributed by atoms with Crippen molar-refractivity contribution < 1.29 is 18.3 Å². The molecule has 1 aliphatic heterocycles. The maximum atomic E-state index is 14.7. The van der Waals surface area contributed by atoms with E-state index in [0.717, 1.165) is 12.8 Å². The lowest BCUT2D eigenvalue weighted by atomic mass is 9.98. The third-order valence-electron chi connectivity index (χ3n) is 5.89. The van der Waals surface area contributed by atoms with E-state index in [1.54, 1.807) is 17.0 Å². The van der Waals surface area contributed by atoms with Gasteiger partial charge in [0.2, 0.25) is 0 Å². The Morgan fingerprint density at radius 2 is 1.93 bits per heavy atom. The zero-order chi connectivity index (χ0) is 19.1. The fourth-order valence-electron chi connectivity index (χ4n) is 4.36. The summed E-state index contributed by atoms with van der Waals surface area (Å²) in [4.78, 5) is 14.5. The largest absolute Gasteiger partial charge is 0.497 e. The van der Waals surface area contributed by atoms with E-state index in [-0.39, 0.29) is 23.1 Å². The van der Waals surface area contributed by atoms with Gasteiger partial charge in [0.1, 0.15) is 17.4 Å². The molecule has 0 bridgehead atoms. The number of nitrogens with zero attached hydrogens (tertiary/aromatic N) is 1. The SMILES string of the molecule is COc1ccc(-c2ccc(C(=O)N3CC4CCC(N)C4C3)c(F)c2)c(F)c1. The second-order valence-corrected chi connectivity index (χ2v) is 7.42. The summed E-state index contributed by atoms with van der Waals surface area (Å²) in [5.41, 5.74) is 6.77. The molecule has 0 aromatic heterocycles. The number of fused-ring (bicyclic) bond motifs is 1. The van der Waals surface area contributed by atoms with Gasteiger partial charge in [-0.3, -0.25) is 4.79 Å². The maximum Gasteiger partial charge on any atom is 0.256 e. The Morgan fingerprint density at radius 1 is 1.11 bits per heavy atom. The van der Waals surface area contributed by atoms with Crippen molar-refractivity contribution in [2.24, 2.45) is 17.6 Å². The Balaban J connectivity index is 1.56. The molecular weight excluding hydrogens is 350 g/mol. The number of amides is 1. The van der Waals surface area contributed by atoms with Gasteiger partial charge < -0.3 is 15.4 Å². The second-order valence-electron chi connectivity index (χ2n) is 7.42. The fraction of sp³-hybridized carbons (Fsp3) is 0.381. The first kappa shape index (κ1) is 17.9. The van der Waals surface area contributed by atoms with Crippen LogP contribution in [0.2, 0.25) is 0 Å². The van der Waals surface area contributed by atoms with Gasteiger partial charge in [0, 0.05) is 30.8 Å². The predicted octanol–water partition coefficient (Wildman–Crippen LogP) is 3.45. The van der Waals surface area contributed by atoms with Gasteiger partial charge in [0.25, 0.3) is 5.91 Å². The minimum Gasteiger partial charge on any atom is -0.497 e. The summed E-state index contributed by atoms with van der Waals surface area (Å²) in [6.45, 7) is 1.21. The highest BCUT2D eigenvalue weighted by molar-refractivity contribution is 5.95. The number of rotatable bonds is 3. The van der Waals surface area contributed by atoms with E-state index in [4.69, 9.17) is 10.5 Å². The van der Waals surface area contributed by atoms with Crippen molar-refractivity contribution in [3.8, 4) is 16.9 Å². The second kappa shape index (κ2) is 6.93. The Labute approximate surface area is 156 Å². The zero-order valence-corrected chi connectivity index (χ0v) is 15.1. The lowest BCUT2D eigenvalue weighted by Gasteiger charge is -2.19. The molecule has 142 valence electrons. The van der Waals surface area contributed by atoms with Crippen LogP contribution in [0.15, 0.2) is 36.4 Å². The lowest BCUT2D eigenvalue weighted by molar-refractivity contribution is 0.0775. The molecule has 2 fully saturated rings. The van der Waals surface area contributed by atoms with Crippen LogP contribution >= 0.6 is 0 Å². The summed E-state index contributed by atoms with van der Waals surface area (Å²) in [5, 5.41) is 0.